The third-order valence-electron chi connectivity index (χ3n) is 4.38. The molecule has 1 aliphatic heterocycles. The minimum atomic E-state index is 0.530. The molecule has 2 aliphatic rings. The molecule has 1 saturated heterocycles. The lowest BCUT2D eigenvalue weighted by Gasteiger charge is -2.34. The number of aryl methyl sites for hydroxylation is 1. The monoisotopic (exact) mass is 278 g/mol. The van der Waals surface area contributed by atoms with E-state index < -0.39 is 0 Å². The van der Waals surface area contributed by atoms with Gasteiger partial charge in [0.1, 0.15) is 11.5 Å². The van der Waals surface area contributed by atoms with Crippen LogP contribution in [0.5, 0.6) is 0 Å². The van der Waals surface area contributed by atoms with Crippen LogP contribution in [0.3, 0.4) is 0 Å². The summed E-state index contributed by atoms with van der Waals surface area (Å²) in [5, 5.41) is 3.52. The van der Waals surface area contributed by atoms with Crippen LogP contribution in [0.15, 0.2) is 10.5 Å². The number of hydrogen-bond acceptors (Lipinski definition) is 4. The van der Waals surface area contributed by atoms with Gasteiger partial charge >= 0.3 is 0 Å². The first-order chi connectivity index (χ1) is 9.76. The summed E-state index contributed by atoms with van der Waals surface area (Å²) in [4.78, 5) is 2.49. The number of rotatable bonds is 6. The number of hydrogen-bond donors (Lipinski definition) is 1. The van der Waals surface area contributed by atoms with E-state index in [9.17, 15) is 0 Å². The highest BCUT2D eigenvalue weighted by Gasteiger charge is 2.24. The quantitative estimate of drug-likeness (QED) is 0.867. The lowest BCUT2D eigenvalue weighted by molar-refractivity contribution is -0.0155. The second-order valence-electron chi connectivity index (χ2n) is 6.08. The first kappa shape index (κ1) is 14.1. The van der Waals surface area contributed by atoms with E-state index in [1.807, 2.05) is 0 Å². The molecule has 1 N–H and O–H groups in total. The van der Waals surface area contributed by atoms with E-state index in [1.54, 1.807) is 0 Å². The van der Waals surface area contributed by atoms with Crippen molar-refractivity contribution in [2.24, 2.45) is 0 Å². The highest BCUT2D eigenvalue weighted by Crippen LogP contribution is 2.22. The van der Waals surface area contributed by atoms with Crippen LogP contribution >= 0.6 is 0 Å². The third-order valence-corrected chi connectivity index (χ3v) is 4.38. The zero-order valence-electron chi connectivity index (χ0n) is 12.7. The molecule has 0 radical (unpaired) electrons. The zero-order valence-corrected chi connectivity index (χ0v) is 12.7. The minimum absolute atomic E-state index is 0.530. The molecule has 20 heavy (non-hydrogen) atoms. The van der Waals surface area contributed by atoms with Crippen LogP contribution < -0.4 is 5.32 Å². The molecule has 3 rings (SSSR count). The van der Waals surface area contributed by atoms with Gasteiger partial charge in [-0.05, 0) is 37.8 Å². The number of morpholine rings is 1. The first-order valence-electron chi connectivity index (χ1n) is 7.89. The van der Waals surface area contributed by atoms with Crippen molar-refractivity contribution in [1.29, 1.82) is 0 Å². The molecule has 0 spiro atoms. The van der Waals surface area contributed by atoms with E-state index in [0.29, 0.717) is 6.04 Å². The summed E-state index contributed by atoms with van der Waals surface area (Å²) < 4.78 is 11.6. The van der Waals surface area contributed by atoms with Crippen LogP contribution in [0.1, 0.15) is 43.3 Å². The van der Waals surface area contributed by atoms with Gasteiger partial charge in [0.05, 0.1) is 26.3 Å². The van der Waals surface area contributed by atoms with Crippen molar-refractivity contribution in [3.63, 3.8) is 0 Å². The van der Waals surface area contributed by atoms with Crippen molar-refractivity contribution in [2.45, 2.75) is 58.3 Å². The Labute approximate surface area is 121 Å². The average Bonchev–Trinajstić information content (AvgIpc) is 3.22. The maximum atomic E-state index is 6.04. The summed E-state index contributed by atoms with van der Waals surface area (Å²) >= 11 is 0. The van der Waals surface area contributed by atoms with Gasteiger partial charge < -0.3 is 14.5 Å². The second-order valence-corrected chi connectivity index (χ2v) is 6.08. The number of nitrogens with one attached hydrogen (secondary N) is 1. The van der Waals surface area contributed by atoms with Crippen LogP contribution in [0.4, 0.5) is 0 Å². The predicted molar refractivity (Wildman–Crippen MR) is 78.6 cm³/mol. The molecule has 1 aromatic rings. The van der Waals surface area contributed by atoms with Crippen molar-refractivity contribution in [3.05, 3.63) is 23.2 Å². The van der Waals surface area contributed by atoms with Gasteiger partial charge in [-0.2, -0.15) is 0 Å². The van der Waals surface area contributed by atoms with Crippen LogP contribution in [0.25, 0.3) is 0 Å². The van der Waals surface area contributed by atoms with E-state index in [2.05, 4.69) is 30.1 Å². The standard InChI is InChI=1S/C16H26N2O2/c1-3-14-11-19-7-6-18(14)10-15-8-12(2)16(20-15)9-17-13-4-5-13/h8,13-14,17H,3-7,9-11H2,1-2H3. The molecular weight excluding hydrogens is 252 g/mol. The summed E-state index contributed by atoms with van der Waals surface area (Å²) in [5.74, 6) is 2.20. The molecule has 2 fully saturated rings. The Morgan fingerprint density at radius 2 is 2.25 bits per heavy atom. The third kappa shape index (κ3) is 3.43. The molecule has 1 unspecified atom stereocenters. The van der Waals surface area contributed by atoms with Crippen LogP contribution in [-0.4, -0.2) is 36.7 Å². The van der Waals surface area contributed by atoms with E-state index >= 15 is 0 Å². The van der Waals surface area contributed by atoms with Crippen molar-refractivity contribution in [1.82, 2.24) is 10.2 Å². The molecule has 0 amide bonds. The molecule has 4 nitrogen and oxygen atoms in total. The maximum absolute atomic E-state index is 6.04. The van der Waals surface area contributed by atoms with Gasteiger partial charge in [0.15, 0.2) is 0 Å². The highest BCUT2D eigenvalue weighted by molar-refractivity contribution is 5.20. The topological polar surface area (TPSA) is 37.6 Å². The Balaban J connectivity index is 1.59. The fourth-order valence-corrected chi connectivity index (χ4v) is 2.84. The van der Waals surface area contributed by atoms with Crippen LogP contribution in [0, 0.1) is 6.92 Å². The average molecular weight is 278 g/mol. The van der Waals surface area contributed by atoms with Crippen molar-refractivity contribution < 1.29 is 9.15 Å². The summed E-state index contributed by atoms with van der Waals surface area (Å²) in [6, 6.07) is 3.46. The van der Waals surface area contributed by atoms with Crippen molar-refractivity contribution in [3.8, 4) is 0 Å². The summed E-state index contributed by atoms with van der Waals surface area (Å²) in [6.45, 7) is 8.85. The summed E-state index contributed by atoms with van der Waals surface area (Å²) in [7, 11) is 0. The Morgan fingerprint density at radius 1 is 1.40 bits per heavy atom. The number of furan rings is 1. The van der Waals surface area contributed by atoms with Gasteiger partial charge in [-0.3, -0.25) is 4.90 Å². The Bertz CT molecular complexity index is 440. The van der Waals surface area contributed by atoms with Crippen molar-refractivity contribution >= 4 is 0 Å². The Hall–Kier alpha value is -0.840. The normalized spacial score (nSPS) is 24.2. The van der Waals surface area contributed by atoms with E-state index in [4.69, 9.17) is 9.15 Å². The van der Waals surface area contributed by atoms with Crippen molar-refractivity contribution in [2.75, 3.05) is 19.8 Å². The van der Waals surface area contributed by atoms with E-state index in [1.165, 1.54) is 18.4 Å². The molecule has 0 bridgehead atoms. The number of nitrogens with zero attached hydrogens (tertiary/aromatic N) is 1. The summed E-state index contributed by atoms with van der Waals surface area (Å²) in [6.07, 6.45) is 3.77. The Kier molecular flexibility index (Phi) is 4.44. The van der Waals surface area contributed by atoms with E-state index in [0.717, 1.165) is 56.8 Å². The zero-order chi connectivity index (χ0) is 13.9. The van der Waals surface area contributed by atoms with Gasteiger partial charge in [0, 0.05) is 18.6 Å². The van der Waals surface area contributed by atoms with Gasteiger partial charge in [-0.15, -0.1) is 0 Å². The summed E-state index contributed by atoms with van der Waals surface area (Å²) in [5.41, 5.74) is 1.27. The van der Waals surface area contributed by atoms with Crippen LogP contribution in [0.2, 0.25) is 0 Å². The SMILES string of the molecule is CCC1COCCN1Cc1cc(C)c(CNC2CC2)o1. The molecule has 4 heteroatoms. The first-order valence-corrected chi connectivity index (χ1v) is 7.89. The fourth-order valence-electron chi connectivity index (χ4n) is 2.84. The molecule has 1 aliphatic carbocycles. The molecular formula is C16H26N2O2. The molecule has 0 aromatic carbocycles. The lowest BCUT2D eigenvalue weighted by Crippen LogP contribution is -2.44. The minimum Gasteiger partial charge on any atom is -0.463 e. The Morgan fingerprint density at radius 3 is 3.00 bits per heavy atom. The maximum Gasteiger partial charge on any atom is 0.120 e. The van der Waals surface area contributed by atoms with Gasteiger partial charge in [0.2, 0.25) is 0 Å². The van der Waals surface area contributed by atoms with E-state index in [-0.39, 0.29) is 0 Å². The largest absolute Gasteiger partial charge is 0.463 e. The lowest BCUT2D eigenvalue weighted by atomic mass is 10.1. The van der Waals surface area contributed by atoms with Gasteiger partial charge in [0.25, 0.3) is 0 Å². The molecule has 1 aromatic heterocycles. The van der Waals surface area contributed by atoms with Gasteiger partial charge in [-0.1, -0.05) is 6.92 Å². The smallest absolute Gasteiger partial charge is 0.120 e. The molecule has 1 saturated carbocycles. The molecule has 2 heterocycles. The van der Waals surface area contributed by atoms with Crippen LogP contribution in [-0.2, 0) is 17.8 Å². The molecule has 1 atom stereocenters. The number of ether oxygens (including phenoxy) is 1. The predicted octanol–water partition coefficient (Wildman–Crippen LogP) is 2.45. The highest BCUT2D eigenvalue weighted by atomic mass is 16.5. The van der Waals surface area contributed by atoms with Gasteiger partial charge in [-0.25, -0.2) is 0 Å². The fraction of sp³-hybridized carbons (Fsp3) is 0.750. The molecule has 112 valence electrons. The second kappa shape index (κ2) is 6.29.